The molecule has 0 aliphatic carbocycles. The quantitative estimate of drug-likeness (QED) is 0.700. The summed E-state index contributed by atoms with van der Waals surface area (Å²) in [5, 5.41) is 7.40. The van der Waals surface area contributed by atoms with Gasteiger partial charge in [-0.1, -0.05) is 43.5 Å². The van der Waals surface area contributed by atoms with Gasteiger partial charge in [0.05, 0.1) is 5.02 Å². The SMILES string of the molecule is CC(=O)c1nnc(Cl)cc1Cl.CCC. The molecule has 3 nitrogen and oxygen atoms in total. The van der Waals surface area contributed by atoms with Gasteiger partial charge in [-0.05, 0) is 6.07 Å². The van der Waals surface area contributed by atoms with Crippen LogP contribution in [0, 0.1) is 0 Å². The predicted octanol–water partition coefficient (Wildman–Crippen LogP) is 3.40. The van der Waals surface area contributed by atoms with E-state index in [0.717, 1.165) is 0 Å². The third-order valence-electron chi connectivity index (χ3n) is 1.05. The molecule has 0 spiro atoms. The molecule has 1 aromatic heterocycles. The molecule has 0 saturated carbocycles. The molecule has 78 valence electrons. The number of aromatic nitrogens is 2. The molecule has 14 heavy (non-hydrogen) atoms. The Labute approximate surface area is 93.4 Å². The summed E-state index contributed by atoms with van der Waals surface area (Å²) in [6.45, 7) is 5.61. The summed E-state index contributed by atoms with van der Waals surface area (Å²) in [6.07, 6.45) is 1.25. The minimum absolute atomic E-state index is 0.149. The fourth-order valence-corrected chi connectivity index (χ4v) is 1.06. The Balaban J connectivity index is 0.000000500. The maximum Gasteiger partial charge on any atom is 0.181 e. The summed E-state index contributed by atoms with van der Waals surface area (Å²) >= 11 is 11.1. The monoisotopic (exact) mass is 234 g/mol. The van der Waals surface area contributed by atoms with Crippen molar-refractivity contribution in [2.45, 2.75) is 27.2 Å². The first kappa shape index (κ1) is 13.3. The zero-order valence-corrected chi connectivity index (χ0v) is 9.85. The highest BCUT2D eigenvalue weighted by atomic mass is 35.5. The van der Waals surface area contributed by atoms with E-state index in [1.165, 1.54) is 19.4 Å². The number of nitrogens with zero attached hydrogens (tertiary/aromatic N) is 2. The van der Waals surface area contributed by atoms with E-state index in [1.54, 1.807) is 0 Å². The topological polar surface area (TPSA) is 42.9 Å². The Kier molecular flexibility index (Phi) is 6.41. The molecule has 0 atom stereocenters. The number of hydrogen-bond acceptors (Lipinski definition) is 3. The van der Waals surface area contributed by atoms with Crippen LogP contribution < -0.4 is 0 Å². The molecule has 0 radical (unpaired) electrons. The number of Topliss-reactive ketones (excluding diaryl/α,β-unsaturated/α-hetero) is 1. The number of ketones is 1. The average Bonchev–Trinajstić information content (AvgIpc) is 2.04. The van der Waals surface area contributed by atoms with Gasteiger partial charge in [0.1, 0.15) is 5.69 Å². The lowest BCUT2D eigenvalue weighted by Gasteiger charge is -1.95. The van der Waals surface area contributed by atoms with Crippen LogP contribution in [-0.4, -0.2) is 16.0 Å². The van der Waals surface area contributed by atoms with Crippen LogP contribution in [0.15, 0.2) is 6.07 Å². The van der Waals surface area contributed by atoms with E-state index in [0.29, 0.717) is 0 Å². The molecular weight excluding hydrogens is 223 g/mol. The van der Waals surface area contributed by atoms with Crippen molar-refractivity contribution in [3.05, 3.63) is 21.9 Å². The molecular formula is C9H12Cl2N2O. The van der Waals surface area contributed by atoms with Crippen molar-refractivity contribution in [3.8, 4) is 0 Å². The molecule has 0 saturated heterocycles. The van der Waals surface area contributed by atoms with Gasteiger partial charge in [-0.2, -0.15) is 0 Å². The van der Waals surface area contributed by atoms with Crippen molar-refractivity contribution in [1.82, 2.24) is 10.2 Å². The van der Waals surface area contributed by atoms with Crippen molar-refractivity contribution < 1.29 is 4.79 Å². The molecule has 5 heteroatoms. The van der Waals surface area contributed by atoms with Crippen LogP contribution >= 0.6 is 23.2 Å². The second-order valence-electron chi connectivity index (χ2n) is 2.63. The van der Waals surface area contributed by atoms with E-state index in [4.69, 9.17) is 23.2 Å². The zero-order chi connectivity index (χ0) is 11.1. The number of rotatable bonds is 1. The summed E-state index contributed by atoms with van der Waals surface area (Å²) < 4.78 is 0. The second-order valence-corrected chi connectivity index (χ2v) is 3.42. The van der Waals surface area contributed by atoms with E-state index < -0.39 is 0 Å². The second kappa shape index (κ2) is 6.74. The van der Waals surface area contributed by atoms with Crippen LogP contribution in [0.2, 0.25) is 10.2 Å². The highest BCUT2D eigenvalue weighted by Gasteiger charge is 2.07. The highest BCUT2D eigenvalue weighted by Crippen LogP contribution is 2.16. The number of carbonyl (C=O) groups excluding carboxylic acids is 1. The molecule has 1 rings (SSSR count). The zero-order valence-electron chi connectivity index (χ0n) is 8.34. The van der Waals surface area contributed by atoms with Crippen LogP contribution in [0.1, 0.15) is 37.7 Å². The lowest BCUT2D eigenvalue weighted by molar-refractivity contribution is 0.101. The van der Waals surface area contributed by atoms with Gasteiger partial charge in [-0.3, -0.25) is 4.79 Å². The van der Waals surface area contributed by atoms with Gasteiger partial charge in [0.2, 0.25) is 0 Å². The fraction of sp³-hybridized carbons (Fsp3) is 0.444. The summed E-state index contributed by atoms with van der Waals surface area (Å²) in [5.74, 6) is -0.223. The standard InChI is InChI=1S/C6H4Cl2N2O.C3H8/c1-3(11)6-4(7)2-5(8)9-10-6;1-3-2/h2H,1H3;3H2,1-2H3. The van der Waals surface area contributed by atoms with Gasteiger partial charge in [0, 0.05) is 6.92 Å². The maximum absolute atomic E-state index is 10.7. The predicted molar refractivity (Wildman–Crippen MR) is 58.0 cm³/mol. The molecule has 0 bridgehead atoms. The molecule has 1 heterocycles. The Hall–Kier alpha value is -0.670. The van der Waals surface area contributed by atoms with Gasteiger partial charge in [-0.25, -0.2) is 0 Å². The largest absolute Gasteiger partial charge is 0.293 e. The highest BCUT2D eigenvalue weighted by molar-refractivity contribution is 6.35. The number of carbonyl (C=O) groups is 1. The van der Waals surface area contributed by atoms with Gasteiger partial charge >= 0.3 is 0 Å². The summed E-state index contributed by atoms with van der Waals surface area (Å²) in [7, 11) is 0. The summed E-state index contributed by atoms with van der Waals surface area (Å²) in [4.78, 5) is 10.7. The normalized spacial score (nSPS) is 8.93. The van der Waals surface area contributed by atoms with E-state index >= 15 is 0 Å². The lowest BCUT2D eigenvalue weighted by Crippen LogP contribution is -1.99. The van der Waals surface area contributed by atoms with E-state index in [2.05, 4.69) is 24.0 Å². The molecule has 0 aromatic carbocycles. The number of hydrogen-bond donors (Lipinski definition) is 0. The minimum atomic E-state index is -0.223. The first-order valence-corrected chi connectivity index (χ1v) is 4.98. The van der Waals surface area contributed by atoms with Gasteiger partial charge in [-0.15, -0.1) is 10.2 Å². The van der Waals surface area contributed by atoms with Gasteiger partial charge < -0.3 is 0 Å². The number of halogens is 2. The Morgan fingerprint density at radius 1 is 1.36 bits per heavy atom. The Morgan fingerprint density at radius 2 is 1.86 bits per heavy atom. The first-order valence-electron chi connectivity index (χ1n) is 4.22. The fourth-order valence-electron chi connectivity index (χ4n) is 0.586. The Bertz CT molecular complexity index is 316. The van der Waals surface area contributed by atoms with Gasteiger partial charge in [0.15, 0.2) is 10.9 Å². The molecule has 0 fully saturated rings. The van der Waals surface area contributed by atoms with E-state index in [1.807, 2.05) is 0 Å². The van der Waals surface area contributed by atoms with Crippen LogP contribution in [0.25, 0.3) is 0 Å². The molecule has 0 aliphatic heterocycles. The molecule has 1 aromatic rings. The van der Waals surface area contributed by atoms with E-state index in [-0.39, 0.29) is 21.7 Å². The maximum atomic E-state index is 10.7. The van der Waals surface area contributed by atoms with Crippen LogP contribution in [0.5, 0.6) is 0 Å². The first-order chi connectivity index (χ1) is 6.52. The molecule has 0 N–H and O–H groups in total. The minimum Gasteiger partial charge on any atom is -0.293 e. The van der Waals surface area contributed by atoms with Gasteiger partial charge in [0.25, 0.3) is 0 Å². The van der Waals surface area contributed by atoms with Crippen molar-refractivity contribution in [3.63, 3.8) is 0 Å². The van der Waals surface area contributed by atoms with Crippen molar-refractivity contribution in [2.24, 2.45) is 0 Å². The van der Waals surface area contributed by atoms with Crippen molar-refractivity contribution in [1.29, 1.82) is 0 Å². The molecule has 0 unspecified atom stereocenters. The van der Waals surface area contributed by atoms with E-state index in [9.17, 15) is 4.79 Å². The molecule has 0 amide bonds. The van der Waals surface area contributed by atoms with Crippen LogP contribution in [0.4, 0.5) is 0 Å². The summed E-state index contributed by atoms with van der Waals surface area (Å²) in [6, 6.07) is 1.38. The summed E-state index contributed by atoms with van der Waals surface area (Å²) in [5.41, 5.74) is 0.149. The van der Waals surface area contributed by atoms with Crippen LogP contribution in [0.3, 0.4) is 0 Å². The third kappa shape index (κ3) is 4.53. The van der Waals surface area contributed by atoms with Crippen molar-refractivity contribution >= 4 is 29.0 Å². The lowest BCUT2D eigenvalue weighted by atomic mass is 10.3. The Morgan fingerprint density at radius 3 is 2.21 bits per heavy atom. The van der Waals surface area contributed by atoms with Crippen molar-refractivity contribution in [2.75, 3.05) is 0 Å². The third-order valence-corrected chi connectivity index (χ3v) is 1.52. The average molecular weight is 235 g/mol. The smallest absolute Gasteiger partial charge is 0.181 e. The molecule has 0 aliphatic rings. The van der Waals surface area contributed by atoms with Crippen LogP contribution in [-0.2, 0) is 0 Å².